The summed E-state index contributed by atoms with van der Waals surface area (Å²) in [5, 5.41) is 9.78. The van der Waals surface area contributed by atoms with E-state index in [-0.39, 0.29) is 0 Å². The molecule has 0 aliphatic heterocycles. The zero-order valence-corrected chi connectivity index (χ0v) is 18.7. The second-order valence-corrected chi connectivity index (χ2v) is 9.88. The highest BCUT2D eigenvalue weighted by atomic mass is 31.1. The largest absolute Gasteiger partial charge is 0.481 e. The molecule has 0 amide bonds. The van der Waals surface area contributed by atoms with E-state index in [0.717, 1.165) is 37.4 Å². The smallest absolute Gasteiger partial charge is 0.303 e. The highest BCUT2D eigenvalue weighted by Crippen LogP contribution is 2.41. The first-order chi connectivity index (χ1) is 13.6. The molecule has 0 saturated heterocycles. The molecule has 160 valence electrons. The number of benzene rings is 1. The average Bonchev–Trinajstić information content (AvgIpc) is 2.70. The first kappa shape index (κ1) is 25.1. The Labute approximate surface area is 173 Å². The van der Waals surface area contributed by atoms with Gasteiger partial charge in [0.15, 0.2) is 0 Å². The van der Waals surface area contributed by atoms with E-state index < -0.39 is 14.1 Å². The van der Waals surface area contributed by atoms with Crippen LogP contribution in [0.3, 0.4) is 0 Å². The fraction of sp³-hybridized carbons (Fsp3) is 0.708. The lowest BCUT2D eigenvalue weighted by atomic mass is 10.0. The van der Waals surface area contributed by atoms with Crippen molar-refractivity contribution in [1.29, 1.82) is 0 Å². The molecule has 0 aliphatic rings. The molecule has 2 atom stereocenters. The number of rotatable bonds is 18. The highest BCUT2D eigenvalue weighted by Gasteiger charge is 2.20. The third-order valence-corrected chi connectivity index (χ3v) is 7.47. The summed E-state index contributed by atoms with van der Waals surface area (Å²) in [5.74, 6) is -0.685. The Hall–Kier alpha value is -0.920. The molecule has 0 aromatic heterocycles. The SMILES string of the molecule is CCCCCCCCC(CCCCCCCCC(=O)O)P(O)c1ccccc1. The second kappa shape index (κ2) is 17.0. The second-order valence-electron chi connectivity index (χ2n) is 7.94. The maximum absolute atomic E-state index is 11.0. The van der Waals surface area contributed by atoms with Crippen molar-refractivity contribution in [3.05, 3.63) is 30.3 Å². The summed E-state index contributed by atoms with van der Waals surface area (Å²) < 4.78 is 0. The number of unbranched alkanes of at least 4 members (excludes halogenated alkanes) is 10. The Morgan fingerprint density at radius 1 is 0.821 bits per heavy atom. The molecule has 3 nitrogen and oxygen atoms in total. The monoisotopic (exact) mass is 408 g/mol. The average molecular weight is 409 g/mol. The molecule has 1 rings (SSSR count). The predicted octanol–water partition coefficient (Wildman–Crippen LogP) is 7.03. The normalized spacial score (nSPS) is 13.4. The minimum Gasteiger partial charge on any atom is -0.481 e. The Kier molecular flexibility index (Phi) is 15.2. The first-order valence-electron chi connectivity index (χ1n) is 11.4. The van der Waals surface area contributed by atoms with Gasteiger partial charge in [0.05, 0.1) is 8.15 Å². The molecule has 2 unspecified atom stereocenters. The number of carbonyl (C=O) groups is 1. The number of aliphatic carboxylic acids is 1. The number of hydrogen-bond donors (Lipinski definition) is 2. The van der Waals surface area contributed by atoms with Crippen molar-refractivity contribution in [3.63, 3.8) is 0 Å². The van der Waals surface area contributed by atoms with Gasteiger partial charge in [-0.15, -0.1) is 0 Å². The Morgan fingerprint density at radius 2 is 1.32 bits per heavy atom. The van der Waals surface area contributed by atoms with Crippen molar-refractivity contribution < 1.29 is 14.8 Å². The fourth-order valence-corrected chi connectivity index (χ4v) is 5.46. The van der Waals surface area contributed by atoms with Crippen LogP contribution in [0.25, 0.3) is 0 Å². The lowest BCUT2D eigenvalue weighted by Gasteiger charge is -2.23. The van der Waals surface area contributed by atoms with E-state index in [9.17, 15) is 9.69 Å². The minimum absolute atomic E-state index is 0.298. The maximum Gasteiger partial charge on any atom is 0.303 e. The van der Waals surface area contributed by atoms with Crippen molar-refractivity contribution >= 4 is 19.4 Å². The molecule has 0 spiro atoms. The van der Waals surface area contributed by atoms with E-state index in [0.29, 0.717) is 12.1 Å². The highest BCUT2D eigenvalue weighted by molar-refractivity contribution is 7.60. The maximum atomic E-state index is 11.0. The van der Waals surface area contributed by atoms with E-state index in [1.54, 1.807) is 0 Å². The van der Waals surface area contributed by atoms with Gasteiger partial charge >= 0.3 is 5.97 Å². The molecular formula is C24H41O3P. The van der Waals surface area contributed by atoms with Crippen LogP contribution in [-0.2, 0) is 4.79 Å². The molecule has 0 heterocycles. The molecule has 1 aromatic carbocycles. The molecule has 0 aliphatic carbocycles. The minimum atomic E-state index is -1.07. The fourth-order valence-electron chi connectivity index (χ4n) is 3.70. The van der Waals surface area contributed by atoms with Crippen LogP contribution in [0, 0.1) is 0 Å². The summed E-state index contributed by atoms with van der Waals surface area (Å²) in [5.41, 5.74) is 0.413. The molecule has 1 aromatic rings. The van der Waals surface area contributed by atoms with Crippen LogP contribution in [0.15, 0.2) is 30.3 Å². The van der Waals surface area contributed by atoms with Crippen LogP contribution in [0.1, 0.15) is 103 Å². The van der Waals surface area contributed by atoms with Crippen molar-refractivity contribution in [1.82, 2.24) is 0 Å². The number of hydrogen-bond acceptors (Lipinski definition) is 2. The van der Waals surface area contributed by atoms with Gasteiger partial charge in [0.2, 0.25) is 0 Å². The molecule has 0 saturated carbocycles. The van der Waals surface area contributed by atoms with E-state index >= 15 is 0 Å². The topological polar surface area (TPSA) is 57.5 Å². The zero-order valence-electron chi connectivity index (χ0n) is 17.8. The van der Waals surface area contributed by atoms with Gasteiger partial charge in [-0.2, -0.15) is 0 Å². The van der Waals surface area contributed by atoms with Crippen molar-refractivity contribution in [2.75, 3.05) is 0 Å². The van der Waals surface area contributed by atoms with Crippen LogP contribution >= 0.6 is 8.15 Å². The van der Waals surface area contributed by atoms with Gasteiger partial charge in [-0.25, -0.2) is 0 Å². The van der Waals surface area contributed by atoms with Crippen molar-refractivity contribution in [2.45, 2.75) is 109 Å². The standard InChI is InChI=1S/C24H41O3P/c1-2-3-4-5-8-12-17-22(28(27)23-19-14-11-15-20-23)18-13-9-6-7-10-16-21-24(25)26/h11,14-15,19-20,22,27H,2-10,12-13,16-18,21H2,1H3,(H,25,26). The lowest BCUT2D eigenvalue weighted by molar-refractivity contribution is -0.137. The van der Waals surface area contributed by atoms with E-state index in [4.69, 9.17) is 5.11 Å². The molecule has 4 heteroatoms. The van der Waals surface area contributed by atoms with Crippen LogP contribution in [0.5, 0.6) is 0 Å². The Morgan fingerprint density at radius 3 is 1.86 bits per heavy atom. The summed E-state index contributed by atoms with van der Waals surface area (Å²) in [6, 6.07) is 10.2. The summed E-state index contributed by atoms with van der Waals surface area (Å²) in [6.45, 7) is 2.25. The van der Waals surface area contributed by atoms with Gasteiger partial charge < -0.3 is 10.00 Å². The molecule has 0 bridgehead atoms. The van der Waals surface area contributed by atoms with Crippen LogP contribution in [-0.4, -0.2) is 21.6 Å². The van der Waals surface area contributed by atoms with Crippen molar-refractivity contribution in [3.8, 4) is 0 Å². The quantitative estimate of drug-likeness (QED) is 0.203. The van der Waals surface area contributed by atoms with Gasteiger partial charge in [0.25, 0.3) is 0 Å². The zero-order chi connectivity index (χ0) is 20.5. The Balaban J connectivity index is 2.31. The first-order valence-corrected chi connectivity index (χ1v) is 12.8. The van der Waals surface area contributed by atoms with Crippen LogP contribution in [0.4, 0.5) is 0 Å². The number of carboxylic acids is 1. The van der Waals surface area contributed by atoms with Gasteiger partial charge in [-0.1, -0.05) is 108 Å². The van der Waals surface area contributed by atoms with Gasteiger partial charge in [-0.05, 0) is 19.3 Å². The summed E-state index contributed by atoms with van der Waals surface area (Å²) in [7, 11) is -1.07. The summed E-state index contributed by atoms with van der Waals surface area (Å²) >= 11 is 0. The molecule has 28 heavy (non-hydrogen) atoms. The van der Waals surface area contributed by atoms with E-state index in [1.807, 2.05) is 18.2 Å². The molecule has 2 N–H and O–H groups in total. The summed E-state index contributed by atoms with van der Waals surface area (Å²) in [6.07, 6.45) is 16.9. The lowest BCUT2D eigenvalue weighted by Crippen LogP contribution is -2.14. The Bertz CT molecular complexity index is 492. The van der Waals surface area contributed by atoms with E-state index in [2.05, 4.69) is 19.1 Å². The van der Waals surface area contributed by atoms with Gasteiger partial charge in [-0.3, -0.25) is 4.79 Å². The van der Waals surface area contributed by atoms with Crippen LogP contribution < -0.4 is 5.30 Å². The summed E-state index contributed by atoms with van der Waals surface area (Å²) in [4.78, 5) is 21.5. The predicted molar refractivity (Wildman–Crippen MR) is 122 cm³/mol. The third kappa shape index (κ3) is 12.5. The third-order valence-electron chi connectivity index (χ3n) is 5.44. The van der Waals surface area contributed by atoms with Gasteiger partial charge in [0, 0.05) is 17.4 Å². The molecular weight excluding hydrogens is 367 g/mol. The van der Waals surface area contributed by atoms with Gasteiger partial charge in [0.1, 0.15) is 0 Å². The number of carboxylic acid groups (broad SMARTS) is 1. The van der Waals surface area contributed by atoms with Crippen molar-refractivity contribution in [2.24, 2.45) is 0 Å². The van der Waals surface area contributed by atoms with Crippen LogP contribution in [0.2, 0.25) is 0 Å². The molecule has 0 radical (unpaired) electrons. The molecule has 0 fully saturated rings. The van der Waals surface area contributed by atoms with E-state index in [1.165, 1.54) is 57.8 Å².